The van der Waals surface area contributed by atoms with Crippen LogP contribution in [0.2, 0.25) is 0 Å². The van der Waals surface area contributed by atoms with Crippen molar-refractivity contribution in [2.75, 3.05) is 13.2 Å². The van der Waals surface area contributed by atoms with Gasteiger partial charge in [0.1, 0.15) is 6.61 Å². The molecule has 0 saturated carbocycles. The molecule has 0 aliphatic carbocycles. The molecule has 1 fully saturated rings. The number of esters is 1. The van der Waals surface area contributed by atoms with Gasteiger partial charge in [-0.05, 0) is 19.4 Å². The van der Waals surface area contributed by atoms with Crippen LogP contribution in [0.15, 0.2) is 42.5 Å². The molecular formula is C16H19NO4. The Balaban J connectivity index is 2.12. The number of cyclic esters (lactones) is 1. The Hall–Kier alpha value is -2.30. The summed E-state index contributed by atoms with van der Waals surface area (Å²) < 4.78 is 9.94. The van der Waals surface area contributed by atoms with E-state index in [1.807, 2.05) is 37.3 Å². The number of rotatable bonds is 5. The van der Waals surface area contributed by atoms with E-state index in [0.29, 0.717) is 6.61 Å². The lowest BCUT2D eigenvalue weighted by Gasteiger charge is -2.26. The van der Waals surface area contributed by atoms with E-state index in [4.69, 9.17) is 9.47 Å². The van der Waals surface area contributed by atoms with E-state index in [0.717, 1.165) is 5.56 Å². The normalized spacial score (nSPS) is 19.6. The van der Waals surface area contributed by atoms with Crippen molar-refractivity contribution in [3.05, 3.63) is 48.0 Å². The maximum atomic E-state index is 11.9. The summed E-state index contributed by atoms with van der Waals surface area (Å²) in [6, 6.07) is 9.31. The molecule has 0 spiro atoms. The van der Waals surface area contributed by atoms with Crippen molar-refractivity contribution in [1.82, 2.24) is 4.90 Å². The molecule has 1 amide bonds. The van der Waals surface area contributed by atoms with Crippen molar-refractivity contribution >= 4 is 12.1 Å². The first kappa shape index (κ1) is 15.1. The second kappa shape index (κ2) is 6.92. The monoisotopic (exact) mass is 289 g/mol. The summed E-state index contributed by atoms with van der Waals surface area (Å²) in [5.41, 5.74) is 1.02. The van der Waals surface area contributed by atoms with Crippen LogP contribution in [0.4, 0.5) is 4.79 Å². The summed E-state index contributed by atoms with van der Waals surface area (Å²) in [6.07, 6.45) is 2.63. The molecule has 0 unspecified atom stereocenters. The maximum absolute atomic E-state index is 11.9. The summed E-state index contributed by atoms with van der Waals surface area (Å²) in [7, 11) is 0. The molecule has 1 heterocycles. The smallest absolute Gasteiger partial charge is 0.410 e. The molecule has 1 saturated heterocycles. The van der Waals surface area contributed by atoms with Crippen LogP contribution in [0.5, 0.6) is 0 Å². The third-order valence-corrected chi connectivity index (χ3v) is 3.39. The van der Waals surface area contributed by atoms with E-state index in [2.05, 4.69) is 0 Å². The molecule has 2 atom stereocenters. The molecule has 0 bridgehead atoms. The number of carbonyl (C=O) groups excluding carboxylic acids is 2. The maximum Gasteiger partial charge on any atom is 0.410 e. The van der Waals surface area contributed by atoms with Crippen LogP contribution in [0.3, 0.4) is 0 Å². The van der Waals surface area contributed by atoms with Gasteiger partial charge in [0, 0.05) is 6.08 Å². The molecule has 112 valence electrons. The molecule has 1 aromatic rings. The first-order valence-electron chi connectivity index (χ1n) is 6.98. The zero-order valence-electron chi connectivity index (χ0n) is 12.2. The van der Waals surface area contributed by atoms with Gasteiger partial charge in [0.25, 0.3) is 0 Å². The average molecular weight is 289 g/mol. The molecule has 0 aromatic heterocycles. The lowest BCUT2D eigenvalue weighted by atomic mass is 10.1. The Morgan fingerprint density at radius 3 is 2.86 bits per heavy atom. The van der Waals surface area contributed by atoms with Gasteiger partial charge in [-0.25, -0.2) is 9.59 Å². The molecule has 5 heteroatoms. The Bertz CT molecular complexity index is 526. The predicted molar refractivity (Wildman–Crippen MR) is 77.6 cm³/mol. The van der Waals surface area contributed by atoms with E-state index in [9.17, 15) is 9.59 Å². The number of ether oxygens (including phenoxy) is 2. The summed E-state index contributed by atoms with van der Waals surface area (Å²) >= 11 is 0. The Labute approximate surface area is 124 Å². The van der Waals surface area contributed by atoms with Gasteiger partial charge in [-0.3, -0.25) is 4.90 Å². The van der Waals surface area contributed by atoms with Crippen molar-refractivity contribution in [3.63, 3.8) is 0 Å². The quantitative estimate of drug-likeness (QED) is 0.617. The highest BCUT2D eigenvalue weighted by Gasteiger charge is 2.35. The topological polar surface area (TPSA) is 55.8 Å². The van der Waals surface area contributed by atoms with Crippen molar-refractivity contribution in [3.8, 4) is 0 Å². The second-order valence-corrected chi connectivity index (χ2v) is 4.75. The Morgan fingerprint density at radius 1 is 1.48 bits per heavy atom. The van der Waals surface area contributed by atoms with Crippen LogP contribution in [-0.2, 0) is 14.3 Å². The van der Waals surface area contributed by atoms with E-state index in [-0.39, 0.29) is 24.8 Å². The van der Waals surface area contributed by atoms with Gasteiger partial charge >= 0.3 is 12.1 Å². The first-order chi connectivity index (χ1) is 10.1. The van der Waals surface area contributed by atoms with Crippen LogP contribution in [0.25, 0.3) is 0 Å². The van der Waals surface area contributed by atoms with Crippen LogP contribution in [0, 0.1) is 0 Å². The number of carbonyl (C=O) groups is 2. The highest BCUT2D eigenvalue weighted by Crippen LogP contribution is 2.27. The van der Waals surface area contributed by atoms with E-state index < -0.39 is 5.97 Å². The van der Waals surface area contributed by atoms with Crippen LogP contribution in [0.1, 0.15) is 25.5 Å². The van der Waals surface area contributed by atoms with E-state index in [1.54, 1.807) is 17.9 Å². The standard InChI is InChI=1S/C16H19NO4/c1-3-20-15(18)10-9-14-11-21-16(19)17(14)12(2)13-7-5-4-6-8-13/h4-10,12,14H,3,11H2,1-2H3/b10-9+/t12-,14+/m0/s1. The molecule has 0 N–H and O–H groups in total. The van der Waals surface area contributed by atoms with Gasteiger partial charge in [-0.15, -0.1) is 0 Å². The van der Waals surface area contributed by atoms with Gasteiger partial charge in [-0.1, -0.05) is 36.4 Å². The van der Waals surface area contributed by atoms with Gasteiger partial charge in [0.05, 0.1) is 18.7 Å². The Morgan fingerprint density at radius 2 is 2.19 bits per heavy atom. The molecule has 0 radical (unpaired) electrons. The molecule has 21 heavy (non-hydrogen) atoms. The summed E-state index contributed by atoms with van der Waals surface area (Å²) in [5.74, 6) is -0.413. The third-order valence-electron chi connectivity index (χ3n) is 3.39. The summed E-state index contributed by atoms with van der Waals surface area (Å²) in [6.45, 7) is 4.25. The molecule has 2 rings (SSSR count). The minimum Gasteiger partial charge on any atom is -0.463 e. The Kier molecular flexibility index (Phi) is 4.98. The highest BCUT2D eigenvalue weighted by atomic mass is 16.6. The molecule has 5 nitrogen and oxygen atoms in total. The SMILES string of the molecule is CCOC(=O)/C=C/[C@@H]1COC(=O)N1[C@@H](C)c1ccccc1. The van der Waals surface area contributed by atoms with Crippen molar-refractivity contribution < 1.29 is 19.1 Å². The number of hydrogen-bond acceptors (Lipinski definition) is 4. The number of amides is 1. The number of benzene rings is 1. The van der Waals surface area contributed by atoms with Crippen molar-refractivity contribution in [2.45, 2.75) is 25.9 Å². The lowest BCUT2D eigenvalue weighted by molar-refractivity contribution is -0.137. The molecule has 1 aromatic carbocycles. The summed E-state index contributed by atoms with van der Waals surface area (Å²) in [4.78, 5) is 24.9. The zero-order chi connectivity index (χ0) is 15.2. The number of hydrogen-bond donors (Lipinski definition) is 0. The fourth-order valence-corrected chi connectivity index (χ4v) is 2.31. The number of nitrogens with zero attached hydrogens (tertiary/aromatic N) is 1. The minimum atomic E-state index is -0.413. The van der Waals surface area contributed by atoms with Gasteiger partial charge in [0.2, 0.25) is 0 Å². The van der Waals surface area contributed by atoms with E-state index >= 15 is 0 Å². The van der Waals surface area contributed by atoms with Gasteiger partial charge < -0.3 is 9.47 Å². The first-order valence-corrected chi connectivity index (χ1v) is 6.98. The molecule has 1 aliphatic heterocycles. The second-order valence-electron chi connectivity index (χ2n) is 4.75. The lowest BCUT2D eigenvalue weighted by Crippen LogP contribution is -2.34. The average Bonchev–Trinajstić information content (AvgIpc) is 2.86. The molecule has 1 aliphatic rings. The fraction of sp³-hybridized carbons (Fsp3) is 0.375. The summed E-state index contributed by atoms with van der Waals surface area (Å²) in [5, 5.41) is 0. The van der Waals surface area contributed by atoms with Crippen molar-refractivity contribution in [2.24, 2.45) is 0 Å². The largest absolute Gasteiger partial charge is 0.463 e. The van der Waals surface area contributed by atoms with Crippen LogP contribution < -0.4 is 0 Å². The highest BCUT2D eigenvalue weighted by molar-refractivity contribution is 5.82. The van der Waals surface area contributed by atoms with E-state index in [1.165, 1.54) is 6.08 Å². The van der Waals surface area contributed by atoms with Gasteiger partial charge in [-0.2, -0.15) is 0 Å². The third kappa shape index (κ3) is 3.62. The van der Waals surface area contributed by atoms with Crippen LogP contribution >= 0.6 is 0 Å². The zero-order valence-corrected chi connectivity index (χ0v) is 12.2. The van der Waals surface area contributed by atoms with Gasteiger partial charge in [0.15, 0.2) is 0 Å². The van der Waals surface area contributed by atoms with Crippen LogP contribution in [-0.4, -0.2) is 36.2 Å². The van der Waals surface area contributed by atoms with Crippen molar-refractivity contribution in [1.29, 1.82) is 0 Å². The molecular weight excluding hydrogens is 270 g/mol. The predicted octanol–water partition coefficient (Wildman–Crippen LogP) is 2.69. The fourth-order valence-electron chi connectivity index (χ4n) is 2.31. The minimum absolute atomic E-state index is 0.127.